The lowest BCUT2D eigenvalue weighted by Gasteiger charge is -2.34. The first-order chi connectivity index (χ1) is 17.5. The Morgan fingerprint density at radius 2 is 1.68 bits per heavy atom. The van der Waals surface area contributed by atoms with E-state index < -0.39 is 42.2 Å². The van der Waals surface area contributed by atoms with Crippen molar-refractivity contribution >= 4 is 17.9 Å². The van der Waals surface area contributed by atoms with E-state index in [0.717, 1.165) is 38.5 Å². The number of aliphatic hydroxyl groups excluding tert-OH is 1. The summed E-state index contributed by atoms with van der Waals surface area (Å²) in [6, 6.07) is 2.62. The molecule has 0 aromatic heterocycles. The number of benzene rings is 1. The van der Waals surface area contributed by atoms with Crippen molar-refractivity contribution in [3.05, 3.63) is 29.3 Å². The fraction of sp³-hybridized carbons (Fsp3) is 0.679. The molecule has 0 heterocycles. The van der Waals surface area contributed by atoms with Gasteiger partial charge in [-0.1, -0.05) is 64.2 Å². The average Bonchev–Trinajstić information content (AvgIpc) is 2.82. The molecule has 1 aromatic carbocycles. The SMILES string of the molecule is CCCCCCCN(C(=O)C(CO)NC(=O)OC(C)(C)C)C(C(=O)NCCCC)c1cccc(C)c1O. The zero-order valence-electron chi connectivity index (χ0n) is 23.4. The number of aromatic hydroxyl groups is 1. The molecule has 0 saturated heterocycles. The Bertz CT molecular complexity index is 868. The first-order valence-corrected chi connectivity index (χ1v) is 13.4. The van der Waals surface area contributed by atoms with Crippen molar-refractivity contribution in [1.82, 2.24) is 15.5 Å². The van der Waals surface area contributed by atoms with Crippen molar-refractivity contribution < 1.29 is 29.3 Å². The number of phenols is 1. The summed E-state index contributed by atoms with van der Waals surface area (Å²) in [4.78, 5) is 41.0. The molecule has 1 aromatic rings. The number of alkyl carbamates (subject to hydrolysis) is 1. The van der Waals surface area contributed by atoms with Gasteiger partial charge in [0, 0.05) is 18.7 Å². The van der Waals surface area contributed by atoms with Crippen molar-refractivity contribution in [3.8, 4) is 5.75 Å². The maximum Gasteiger partial charge on any atom is 0.408 e. The molecule has 0 bridgehead atoms. The van der Waals surface area contributed by atoms with Crippen LogP contribution in [0.15, 0.2) is 18.2 Å². The van der Waals surface area contributed by atoms with Crippen molar-refractivity contribution in [2.24, 2.45) is 0 Å². The molecule has 0 saturated carbocycles. The number of nitrogens with one attached hydrogen (secondary N) is 2. The zero-order chi connectivity index (χ0) is 28.0. The average molecular weight is 522 g/mol. The number of amides is 3. The molecule has 2 unspecified atom stereocenters. The Hall–Kier alpha value is -2.81. The number of unbranched alkanes of at least 4 members (excludes halogenated alkanes) is 5. The van der Waals surface area contributed by atoms with Gasteiger partial charge in [-0.05, 0) is 46.1 Å². The van der Waals surface area contributed by atoms with Gasteiger partial charge in [0.2, 0.25) is 11.8 Å². The van der Waals surface area contributed by atoms with Gasteiger partial charge in [-0.3, -0.25) is 9.59 Å². The number of nitrogens with zero attached hydrogens (tertiary/aromatic N) is 1. The Morgan fingerprint density at radius 1 is 1.03 bits per heavy atom. The lowest BCUT2D eigenvalue weighted by molar-refractivity contribution is -0.143. The fourth-order valence-corrected chi connectivity index (χ4v) is 3.93. The van der Waals surface area contributed by atoms with E-state index in [1.807, 2.05) is 6.92 Å². The molecular formula is C28H47N3O6. The number of carbonyl (C=O) groups is 3. The summed E-state index contributed by atoms with van der Waals surface area (Å²) in [5, 5.41) is 26.2. The van der Waals surface area contributed by atoms with E-state index in [-0.39, 0.29) is 12.3 Å². The molecule has 2 atom stereocenters. The summed E-state index contributed by atoms with van der Waals surface area (Å²) >= 11 is 0. The number of carbonyl (C=O) groups excluding carboxylic acids is 3. The van der Waals surface area contributed by atoms with Crippen LogP contribution in [0.4, 0.5) is 4.79 Å². The molecule has 0 fully saturated rings. The number of aliphatic hydroxyl groups is 1. The van der Waals surface area contributed by atoms with E-state index in [2.05, 4.69) is 17.6 Å². The number of aryl methyl sites for hydroxylation is 1. The van der Waals surface area contributed by atoms with Crippen LogP contribution in [0.25, 0.3) is 0 Å². The van der Waals surface area contributed by atoms with Crippen LogP contribution in [-0.4, -0.2) is 64.4 Å². The van der Waals surface area contributed by atoms with Crippen molar-refractivity contribution in [2.45, 2.75) is 104 Å². The van der Waals surface area contributed by atoms with Crippen LogP contribution in [0.1, 0.15) is 96.7 Å². The van der Waals surface area contributed by atoms with E-state index in [0.29, 0.717) is 24.1 Å². The number of para-hydroxylation sites is 1. The molecular weight excluding hydrogens is 474 g/mol. The Labute approximate surface area is 222 Å². The highest BCUT2D eigenvalue weighted by atomic mass is 16.6. The van der Waals surface area contributed by atoms with Crippen LogP contribution < -0.4 is 10.6 Å². The number of hydrogen-bond donors (Lipinski definition) is 4. The van der Waals surface area contributed by atoms with Gasteiger partial charge in [-0.25, -0.2) is 4.79 Å². The van der Waals surface area contributed by atoms with E-state index in [4.69, 9.17) is 4.74 Å². The van der Waals surface area contributed by atoms with Crippen LogP contribution in [0.2, 0.25) is 0 Å². The van der Waals surface area contributed by atoms with Crippen molar-refractivity contribution in [1.29, 1.82) is 0 Å². The highest BCUT2D eigenvalue weighted by molar-refractivity contribution is 5.92. The summed E-state index contributed by atoms with van der Waals surface area (Å²) in [6.45, 7) is 10.9. The minimum Gasteiger partial charge on any atom is -0.507 e. The maximum absolute atomic E-state index is 13.8. The third-order valence-corrected chi connectivity index (χ3v) is 5.91. The molecule has 0 aliphatic heterocycles. The smallest absolute Gasteiger partial charge is 0.408 e. The molecule has 9 nitrogen and oxygen atoms in total. The van der Waals surface area contributed by atoms with Crippen molar-refractivity contribution in [2.75, 3.05) is 19.7 Å². The van der Waals surface area contributed by atoms with Gasteiger partial charge in [-0.15, -0.1) is 0 Å². The summed E-state index contributed by atoms with van der Waals surface area (Å²) < 4.78 is 5.27. The number of phenolic OH excluding ortho intramolecular Hbond substituents is 1. The van der Waals surface area contributed by atoms with Gasteiger partial charge < -0.3 is 30.5 Å². The Balaban J connectivity index is 3.40. The second-order valence-corrected chi connectivity index (χ2v) is 10.4. The molecule has 9 heteroatoms. The highest BCUT2D eigenvalue weighted by Gasteiger charge is 2.37. The zero-order valence-corrected chi connectivity index (χ0v) is 23.4. The van der Waals surface area contributed by atoms with Gasteiger partial charge in [0.25, 0.3) is 0 Å². The normalized spacial score (nSPS) is 12.9. The van der Waals surface area contributed by atoms with E-state index >= 15 is 0 Å². The van der Waals surface area contributed by atoms with Gasteiger partial charge in [0.1, 0.15) is 23.4 Å². The third-order valence-electron chi connectivity index (χ3n) is 5.91. The van der Waals surface area contributed by atoms with Crippen LogP contribution in [0, 0.1) is 6.92 Å². The predicted octanol–water partition coefficient (Wildman–Crippen LogP) is 4.34. The van der Waals surface area contributed by atoms with Crippen molar-refractivity contribution in [3.63, 3.8) is 0 Å². The summed E-state index contributed by atoms with van der Waals surface area (Å²) in [7, 11) is 0. The van der Waals surface area contributed by atoms with Gasteiger partial charge >= 0.3 is 6.09 Å². The van der Waals surface area contributed by atoms with Gasteiger partial charge in [-0.2, -0.15) is 0 Å². The van der Waals surface area contributed by atoms with Crippen LogP contribution in [0.3, 0.4) is 0 Å². The highest BCUT2D eigenvalue weighted by Crippen LogP contribution is 2.32. The summed E-state index contributed by atoms with van der Waals surface area (Å²) in [5.74, 6) is -1.12. The standard InChI is InChI=1S/C28H47N3O6/c1-7-9-11-12-13-18-31(26(35)22(19-32)30-27(36)37-28(4,5)6)23(25(34)29-17-10-8-2)21-16-14-15-20(3)24(21)33/h14-16,22-23,32-33H,7-13,17-19H2,1-6H3,(H,29,34)(H,30,36). The number of ether oxygens (including phenoxy) is 1. The number of rotatable bonds is 15. The van der Waals surface area contributed by atoms with Gasteiger partial charge in [0.05, 0.1) is 6.61 Å². The molecule has 210 valence electrons. The van der Waals surface area contributed by atoms with Crippen LogP contribution >= 0.6 is 0 Å². The topological polar surface area (TPSA) is 128 Å². The monoisotopic (exact) mass is 521 g/mol. The predicted molar refractivity (Wildman–Crippen MR) is 144 cm³/mol. The van der Waals surface area contributed by atoms with E-state index in [1.165, 1.54) is 4.90 Å². The first kappa shape index (κ1) is 32.2. The minimum atomic E-state index is -1.32. The minimum absolute atomic E-state index is 0.0671. The third kappa shape index (κ3) is 11.0. The summed E-state index contributed by atoms with van der Waals surface area (Å²) in [5.41, 5.74) is 0.0795. The lowest BCUT2D eigenvalue weighted by atomic mass is 9.98. The van der Waals surface area contributed by atoms with Gasteiger partial charge in [0.15, 0.2) is 0 Å². The molecule has 0 radical (unpaired) electrons. The van der Waals surface area contributed by atoms with E-state index in [9.17, 15) is 24.6 Å². The first-order valence-electron chi connectivity index (χ1n) is 13.4. The molecule has 4 N–H and O–H groups in total. The Kier molecular flexibility index (Phi) is 14.0. The maximum atomic E-state index is 13.8. The number of hydrogen-bond acceptors (Lipinski definition) is 6. The molecule has 37 heavy (non-hydrogen) atoms. The quantitative estimate of drug-likeness (QED) is 0.254. The molecule has 1 rings (SSSR count). The second-order valence-electron chi connectivity index (χ2n) is 10.4. The second kappa shape index (κ2) is 16.1. The van der Waals surface area contributed by atoms with Crippen LogP contribution in [0.5, 0.6) is 5.75 Å². The molecule has 0 spiro atoms. The van der Waals surface area contributed by atoms with E-state index in [1.54, 1.807) is 45.9 Å². The lowest BCUT2D eigenvalue weighted by Crippen LogP contribution is -2.54. The molecule has 0 aliphatic carbocycles. The molecule has 3 amide bonds. The largest absolute Gasteiger partial charge is 0.507 e. The molecule has 0 aliphatic rings. The Morgan fingerprint density at radius 3 is 2.27 bits per heavy atom. The summed E-state index contributed by atoms with van der Waals surface area (Å²) in [6.07, 6.45) is 5.40. The fourth-order valence-electron chi connectivity index (χ4n) is 3.93. The van der Waals surface area contributed by atoms with Crippen LogP contribution in [-0.2, 0) is 14.3 Å².